The highest BCUT2D eigenvalue weighted by atomic mass is 16.6. The van der Waals surface area contributed by atoms with E-state index in [0.717, 1.165) is 35.5 Å². The minimum Gasteiger partial charge on any atom is -0.457 e. The molecular weight excluding hydrogens is 492 g/mol. The number of ether oxygens (including phenoxy) is 2. The molecule has 9 heteroatoms. The van der Waals surface area contributed by atoms with Crippen LogP contribution in [-0.4, -0.2) is 43.8 Å². The molecule has 5 aromatic rings. The number of anilines is 1. The molecule has 39 heavy (non-hydrogen) atoms. The van der Waals surface area contributed by atoms with Crippen molar-refractivity contribution in [3.63, 3.8) is 0 Å². The van der Waals surface area contributed by atoms with Crippen molar-refractivity contribution >= 4 is 22.9 Å². The molecule has 0 radical (unpaired) electrons. The third-order valence-corrected chi connectivity index (χ3v) is 6.83. The minimum atomic E-state index is -0.330. The Kier molecular flexibility index (Phi) is 6.78. The molecule has 1 saturated heterocycles. The smallest absolute Gasteiger partial charge is 0.410 e. The van der Waals surface area contributed by atoms with Gasteiger partial charge in [-0.2, -0.15) is 5.10 Å². The molecule has 1 fully saturated rings. The Hall–Kier alpha value is -4.92. The van der Waals surface area contributed by atoms with Gasteiger partial charge in [-0.15, -0.1) is 0 Å². The van der Waals surface area contributed by atoms with Gasteiger partial charge in [0.2, 0.25) is 0 Å². The van der Waals surface area contributed by atoms with Crippen molar-refractivity contribution in [3.8, 4) is 22.8 Å². The maximum Gasteiger partial charge on any atom is 0.410 e. The van der Waals surface area contributed by atoms with Crippen LogP contribution in [0.4, 0.5) is 10.6 Å². The van der Waals surface area contributed by atoms with E-state index < -0.39 is 0 Å². The third-order valence-electron chi connectivity index (χ3n) is 6.83. The highest BCUT2D eigenvalue weighted by Gasteiger charge is 2.29. The first-order valence-corrected chi connectivity index (χ1v) is 12.9. The average molecular weight is 521 g/mol. The number of rotatable bonds is 6. The fourth-order valence-corrected chi connectivity index (χ4v) is 4.89. The van der Waals surface area contributed by atoms with Gasteiger partial charge >= 0.3 is 6.09 Å². The molecule has 2 aromatic heterocycles. The van der Waals surface area contributed by atoms with Gasteiger partial charge in [0.05, 0.1) is 11.4 Å². The van der Waals surface area contributed by atoms with Crippen LogP contribution < -0.4 is 10.5 Å². The number of nitrogens with zero attached hydrogens (tertiary/aromatic N) is 5. The Morgan fingerprint density at radius 1 is 0.923 bits per heavy atom. The van der Waals surface area contributed by atoms with Gasteiger partial charge in [0.15, 0.2) is 5.65 Å². The standard InChI is InChI=1S/C30H28N6O3/c31-28-26-27(22-13-15-25(16-14-22)39-24-11-5-2-6-12-24)34-36(29(26)33-20-32-28)23-10-7-17-35(18-23)30(37)38-19-21-8-3-1-4-9-21/h1-6,8-9,11-16,20,23H,7,10,17-19H2,(H2,31,32,33)/t23-/m1/s1. The number of benzene rings is 3. The zero-order valence-electron chi connectivity index (χ0n) is 21.3. The number of amides is 1. The van der Waals surface area contributed by atoms with Crippen LogP contribution in [-0.2, 0) is 11.3 Å². The molecule has 2 N–H and O–H groups in total. The molecule has 1 aliphatic rings. The van der Waals surface area contributed by atoms with E-state index in [1.165, 1.54) is 6.33 Å². The molecule has 3 aromatic carbocycles. The molecule has 3 heterocycles. The number of hydrogen-bond donors (Lipinski definition) is 1. The van der Waals surface area contributed by atoms with Crippen LogP contribution in [0.3, 0.4) is 0 Å². The van der Waals surface area contributed by atoms with Crippen molar-refractivity contribution in [2.45, 2.75) is 25.5 Å². The number of likely N-dealkylation sites (tertiary alicyclic amines) is 1. The number of piperidine rings is 1. The summed E-state index contributed by atoms with van der Waals surface area (Å²) < 4.78 is 13.4. The number of carbonyl (C=O) groups excluding carboxylic acids is 1. The summed E-state index contributed by atoms with van der Waals surface area (Å²) >= 11 is 0. The van der Waals surface area contributed by atoms with E-state index in [0.29, 0.717) is 35.6 Å². The number of carbonyl (C=O) groups is 1. The van der Waals surface area contributed by atoms with Crippen LogP contribution in [0, 0.1) is 0 Å². The van der Waals surface area contributed by atoms with Crippen molar-refractivity contribution in [3.05, 3.63) is 96.8 Å². The lowest BCUT2D eigenvalue weighted by Crippen LogP contribution is -2.41. The second-order valence-electron chi connectivity index (χ2n) is 9.47. The predicted octanol–water partition coefficient (Wildman–Crippen LogP) is 5.84. The molecule has 0 unspecified atom stereocenters. The quantitative estimate of drug-likeness (QED) is 0.300. The Morgan fingerprint density at radius 2 is 1.64 bits per heavy atom. The van der Waals surface area contributed by atoms with E-state index in [1.54, 1.807) is 4.90 Å². The highest BCUT2D eigenvalue weighted by molar-refractivity contribution is 5.98. The van der Waals surface area contributed by atoms with E-state index in [1.807, 2.05) is 89.6 Å². The zero-order valence-corrected chi connectivity index (χ0v) is 21.3. The molecule has 1 aliphatic heterocycles. The first-order chi connectivity index (χ1) is 19.2. The van der Waals surface area contributed by atoms with Crippen molar-refractivity contribution in [2.24, 2.45) is 0 Å². The van der Waals surface area contributed by atoms with Crippen LogP contribution in [0.15, 0.2) is 91.3 Å². The summed E-state index contributed by atoms with van der Waals surface area (Å²) in [5.41, 5.74) is 9.49. The van der Waals surface area contributed by atoms with E-state index in [9.17, 15) is 4.79 Å². The minimum absolute atomic E-state index is 0.0748. The number of nitrogen functional groups attached to an aromatic ring is 1. The van der Waals surface area contributed by atoms with Gasteiger partial charge in [-0.3, -0.25) is 0 Å². The lowest BCUT2D eigenvalue weighted by Gasteiger charge is -2.32. The predicted molar refractivity (Wildman–Crippen MR) is 148 cm³/mol. The van der Waals surface area contributed by atoms with E-state index in [-0.39, 0.29) is 18.7 Å². The fraction of sp³-hybridized carbons (Fsp3) is 0.200. The average Bonchev–Trinajstić information content (AvgIpc) is 3.38. The first kappa shape index (κ1) is 24.4. The van der Waals surface area contributed by atoms with Gasteiger partial charge in [0, 0.05) is 18.7 Å². The number of para-hydroxylation sites is 1. The van der Waals surface area contributed by atoms with Gasteiger partial charge in [-0.1, -0.05) is 48.5 Å². The molecule has 6 rings (SSSR count). The van der Waals surface area contributed by atoms with Crippen molar-refractivity contribution < 1.29 is 14.3 Å². The van der Waals surface area contributed by atoms with Crippen LogP contribution in [0.5, 0.6) is 11.5 Å². The Morgan fingerprint density at radius 3 is 2.41 bits per heavy atom. The lowest BCUT2D eigenvalue weighted by atomic mass is 10.1. The van der Waals surface area contributed by atoms with E-state index >= 15 is 0 Å². The SMILES string of the molecule is Nc1ncnc2c1c(-c1ccc(Oc3ccccc3)cc1)nn2[C@@H]1CCCN(C(=O)OCc2ccccc2)C1. The van der Waals surface area contributed by atoms with E-state index in [2.05, 4.69) is 9.97 Å². The normalized spacial score (nSPS) is 15.3. The summed E-state index contributed by atoms with van der Waals surface area (Å²) in [6.07, 6.45) is 2.80. The van der Waals surface area contributed by atoms with Gasteiger partial charge < -0.3 is 20.1 Å². The molecule has 0 bridgehead atoms. The molecule has 0 saturated carbocycles. The van der Waals surface area contributed by atoms with Crippen molar-refractivity contribution in [1.82, 2.24) is 24.6 Å². The van der Waals surface area contributed by atoms with Gasteiger partial charge in [0.1, 0.15) is 35.9 Å². The number of fused-ring (bicyclic) bond motifs is 1. The third kappa shape index (κ3) is 5.24. The second-order valence-corrected chi connectivity index (χ2v) is 9.47. The molecule has 0 aliphatic carbocycles. The summed E-state index contributed by atoms with van der Waals surface area (Å²) in [6, 6.07) is 26.9. The number of aromatic nitrogens is 4. The molecule has 196 valence electrons. The Bertz CT molecular complexity index is 1570. The van der Waals surface area contributed by atoms with E-state index in [4.69, 9.17) is 20.3 Å². The van der Waals surface area contributed by atoms with Gasteiger partial charge in [0.25, 0.3) is 0 Å². The van der Waals surface area contributed by atoms with Crippen molar-refractivity contribution in [2.75, 3.05) is 18.8 Å². The summed E-state index contributed by atoms with van der Waals surface area (Å²) in [6.45, 7) is 1.34. The summed E-state index contributed by atoms with van der Waals surface area (Å²) in [4.78, 5) is 23.4. The number of nitrogens with two attached hydrogens (primary N) is 1. The molecule has 0 spiro atoms. The molecule has 1 atom stereocenters. The largest absolute Gasteiger partial charge is 0.457 e. The summed E-state index contributed by atoms with van der Waals surface area (Å²) in [5, 5.41) is 5.65. The monoisotopic (exact) mass is 520 g/mol. The van der Waals surface area contributed by atoms with Crippen LogP contribution in [0.2, 0.25) is 0 Å². The topological polar surface area (TPSA) is 108 Å². The number of hydrogen-bond acceptors (Lipinski definition) is 7. The van der Waals surface area contributed by atoms with Gasteiger partial charge in [-0.25, -0.2) is 19.4 Å². The van der Waals surface area contributed by atoms with Gasteiger partial charge in [-0.05, 0) is 54.8 Å². The van der Waals surface area contributed by atoms with Crippen molar-refractivity contribution in [1.29, 1.82) is 0 Å². The molecule has 9 nitrogen and oxygen atoms in total. The second kappa shape index (κ2) is 10.8. The maximum atomic E-state index is 12.9. The lowest BCUT2D eigenvalue weighted by molar-refractivity contribution is 0.0793. The summed E-state index contributed by atoms with van der Waals surface area (Å²) in [7, 11) is 0. The Labute approximate surface area is 225 Å². The van der Waals surface area contributed by atoms with Crippen LogP contribution >= 0.6 is 0 Å². The molecule has 1 amide bonds. The fourth-order valence-electron chi connectivity index (χ4n) is 4.89. The summed E-state index contributed by atoms with van der Waals surface area (Å²) in [5.74, 6) is 1.84. The Balaban J connectivity index is 1.24. The first-order valence-electron chi connectivity index (χ1n) is 12.9. The maximum absolute atomic E-state index is 12.9. The molecular formula is C30H28N6O3. The highest BCUT2D eigenvalue weighted by Crippen LogP contribution is 2.35. The van der Waals surface area contributed by atoms with Crippen LogP contribution in [0.1, 0.15) is 24.4 Å². The zero-order chi connectivity index (χ0) is 26.6. The van der Waals surface area contributed by atoms with Crippen LogP contribution in [0.25, 0.3) is 22.3 Å².